The predicted octanol–water partition coefficient (Wildman–Crippen LogP) is 3.04. The minimum absolute atomic E-state index is 0.0718. The molecule has 1 fully saturated rings. The van der Waals surface area contributed by atoms with Crippen LogP contribution in [0.25, 0.3) is 0 Å². The summed E-state index contributed by atoms with van der Waals surface area (Å²) in [6, 6.07) is 16.0. The van der Waals surface area contributed by atoms with Crippen molar-refractivity contribution in [3.05, 3.63) is 65.7 Å². The standard InChI is InChI=1S/C21H28N2O4S2/c1-3-18(2)20-9-11-21(12-10-20)29(26,27)23-15-13-22(14-16-23)28(24,25)17-19-7-5-4-6-8-19/h4-12,18H,3,13-17H2,1-2H3. The molecule has 3 rings (SSSR count). The summed E-state index contributed by atoms with van der Waals surface area (Å²) < 4.78 is 54.0. The molecule has 0 radical (unpaired) electrons. The molecule has 1 aliphatic heterocycles. The van der Waals surface area contributed by atoms with Gasteiger partial charge in [0.25, 0.3) is 0 Å². The lowest BCUT2D eigenvalue weighted by atomic mass is 9.99. The van der Waals surface area contributed by atoms with Gasteiger partial charge in [-0.05, 0) is 35.6 Å². The molecular formula is C21H28N2O4S2. The number of sulfonamides is 2. The van der Waals surface area contributed by atoms with Crippen LogP contribution in [0.3, 0.4) is 0 Å². The highest BCUT2D eigenvalue weighted by atomic mass is 32.2. The van der Waals surface area contributed by atoms with Gasteiger partial charge in [0.05, 0.1) is 10.6 Å². The summed E-state index contributed by atoms with van der Waals surface area (Å²) in [7, 11) is -7.10. The first-order chi connectivity index (χ1) is 13.7. The first-order valence-electron chi connectivity index (χ1n) is 9.86. The normalized spacial score (nSPS) is 17.9. The number of rotatable bonds is 7. The summed E-state index contributed by atoms with van der Waals surface area (Å²) >= 11 is 0. The number of nitrogens with zero attached hydrogens (tertiary/aromatic N) is 2. The first-order valence-corrected chi connectivity index (χ1v) is 12.9. The van der Waals surface area contributed by atoms with Crippen LogP contribution in [0.4, 0.5) is 0 Å². The van der Waals surface area contributed by atoms with Gasteiger partial charge in [-0.3, -0.25) is 0 Å². The average molecular weight is 437 g/mol. The molecule has 0 spiro atoms. The van der Waals surface area contributed by atoms with Gasteiger partial charge in [-0.15, -0.1) is 0 Å². The Bertz CT molecular complexity index is 1010. The Hall–Kier alpha value is -1.74. The molecule has 0 bridgehead atoms. The minimum Gasteiger partial charge on any atom is -0.212 e. The number of piperazine rings is 1. The number of benzene rings is 2. The molecular weight excluding hydrogens is 408 g/mol. The smallest absolute Gasteiger partial charge is 0.212 e. The Morgan fingerprint density at radius 3 is 1.93 bits per heavy atom. The molecule has 6 nitrogen and oxygen atoms in total. The summed E-state index contributed by atoms with van der Waals surface area (Å²) in [5.74, 6) is 0.308. The van der Waals surface area contributed by atoms with E-state index in [0.29, 0.717) is 5.92 Å². The summed E-state index contributed by atoms with van der Waals surface area (Å²) in [6.07, 6.45) is 0.992. The fourth-order valence-corrected chi connectivity index (χ4v) is 6.36. The molecule has 0 aromatic heterocycles. The monoisotopic (exact) mass is 436 g/mol. The fourth-order valence-electron chi connectivity index (χ4n) is 3.42. The van der Waals surface area contributed by atoms with Crippen molar-refractivity contribution < 1.29 is 16.8 Å². The summed E-state index contributed by atoms with van der Waals surface area (Å²) in [4.78, 5) is 0.255. The lowest BCUT2D eigenvalue weighted by Gasteiger charge is -2.33. The van der Waals surface area contributed by atoms with E-state index in [1.165, 1.54) is 8.61 Å². The van der Waals surface area contributed by atoms with E-state index in [0.717, 1.165) is 17.5 Å². The van der Waals surface area contributed by atoms with E-state index < -0.39 is 20.0 Å². The SMILES string of the molecule is CCC(C)c1ccc(S(=O)(=O)N2CCN(S(=O)(=O)Cc3ccccc3)CC2)cc1. The van der Waals surface area contributed by atoms with Crippen LogP contribution in [-0.4, -0.2) is 51.6 Å². The minimum atomic E-state index is -3.63. The molecule has 1 unspecified atom stereocenters. The molecule has 0 saturated carbocycles. The largest absolute Gasteiger partial charge is 0.243 e. The molecule has 8 heteroatoms. The van der Waals surface area contributed by atoms with Gasteiger partial charge in [0.15, 0.2) is 0 Å². The third-order valence-corrected chi connectivity index (χ3v) is 9.25. The van der Waals surface area contributed by atoms with Crippen molar-refractivity contribution >= 4 is 20.0 Å². The third-order valence-electron chi connectivity index (χ3n) is 5.48. The van der Waals surface area contributed by atoms with Crippen LogP contribution in [-0.2, 0) is 25.8 Å². The summed E-state index contributed by atoms with van der Waals surface area (Å²) in [6.45, 7) is 4.85. The van der Waals surface area contributed by atoms with Gasteiger partial charge in [0.1, 0.15) is 0 Å². The maximum absolute atomic E-state index is 12.9. The van der Waals surface area contributed by atoms with Crippen molar-refractivity contribution in [1.29, 1.82) is 0 Å². The topological polar surface area (TPSA) is 74.8 Å². The van der Waals surface area contributed by atoms with Crippen LogP contribution in [0.1, 0.15) is 37.3 Å². The Kier molecular flexibility index (Phi) is 6.78. The van der Waals surface area contributed by atoms with Crippen LogP contribution in [0.5, 0.6) is 0 Å². The molecule has 2 aromatic carbocycles. The second-order valence-corrected chi connectivity index (χ2v) is 11.3. The van der Waals surface area contributed by atoms with Gasteiger partial charge >= 0.3 is 0 Å². The summed E-state index contributed by atoms with van der Waals surface area (Å²) in [5.41, 5.74) is 1.84. The molecule has 1 heterocycles. The quantitative estimate of drug-likeness (QED) is 0.669. The zero-order valence-corrected chi connectivity index (χ0v) is 18.5. The average Bonchev–Trinajstić information content (AvgIpc) is 2.74. The van der Waals surface area contributed by atoms with Crippen molar-refractivity contribution in [2.24, 2.45) is 0 Å². The van der Waals surface area contributed by atoms with Gasteiger partial charge in [-0.25, -0.2) is 16.8 Å². The van der Waals surface area contributed by atoms with Crippen LogP contribution in [0.15, 0.2) is 59.5 Å². The fraction of sp³-hybridized carbons (Fsp3) is 0.429. The lowest BCUT2D eigenvalue weighted by Crippen LogP contribution is -2.50. The van der Waals surface area contributed by atoms with E-state index >= 15 is 0 Å². The molecule has 0 amide bonds. The van der Waals surface area contributed by atoms with E-state index in [1.54, 1.807) is 24.3 Å². The molecule has 0 aliphatic carbocycles. The van der Waals surface area contributed by atoms with Crippen molar-refractivity contribution in [1.82, 2.24) is 8.61 Å². The van der Waals surface area contributed by atoms with E-state index in [1.807, 2.05) is 30.3 Å². The van der Waals surface area contributed by atoms with Crippen LogP contribution in [0.2, 0.25) is 0 Å². The van der Waals surface area contributed by atoms with Gasteiger partial charge in [0, 0.05) is 26.2 Å². The molecule has 0 N–H and O–H groups in total. The van der Waals surface area contributed by atoms with E-state index in [4.69, 9.17) is 0 Å². The molecule has 158 valence electrons. The van der Waals surface area contributed by atoms with Gasteiger partial charge in [0.2, 0.25) is 20.0 Å². The van der Waals surface area contributed by atoms with Crippen molar-refractivity contribution in [2.45, 2.75) is 36.8 Å². The van der Waals surface area contributed by atoms with Crippen molar-refractivity contribution in [3.8, 4) is 0 Å². The van der Waals surface area contributed by atoms with E-state index in [9.17, 15) is 16.8 Å². The first kappa shape index (κ1) is 22.0. The third kappa shape index (κ3) is 5.06. The Morgan fingerprint density at radius 1 is 0.828 bits per heavy atom. The Balaban J connectivity index is 1.66. The maximum atomic E-state index is 12.9. The van der Waals surface area contributed by atoms with E-state index in [-0.39, 0.29) is 36.8 Å². The van der Waals surface area contributed by atoms with Crippen LogP contribution >= 0.6 is 0 Å². The lowest BCUT2D eigenvalue weighted by molar-refractivity contribution is 0.272. The van der Waals surface area contributed by atoms with Gasteiger partial charge in [-0.1, -0.05) is 56.3 Å². The van der Waals surface area contributed by atoms with Crippen molar-refractivity contribution in [3.63, 3.8) is 0 Å². The number of hydrogen-bond donors (Lipinski definition) is 0. The van der Waals surface area contributed by atoms with Crippen molar-refractivity contribution in [2.75, 3.05) is 26.2 Å². The van der Waals surface area contributed by atoms with Crippen LogP contribution < -0.4 is 0 Å². The zero-order valence-electron chi connectivity index (χ0n) is 16.9. The number of hydrogen-bond acceptors (Lipinski definition) is 4. The van der Waals surface area contributed by atoms with Gasteiger partial charge in [-0.2, -0.15) is 8.61 Å². The summed E-state index contributed by atoms with van der Waals surface area (Å²) in [5, 5.41) is 0. The highest BCUT2D eigenvalue weighted by Crippen LogP contribution is 2.24. The Labute approximate surface area is 174 Å². The van der Waals surface area contributed by atoms with E-state index in [2.05, 4.69) is 13.8 Å². The van der Waals surface area contributed by atoms with Crippen LogP contribution in [0, 0.1) is 0 Å². The molecule has 1 atom stereocenters. The highest BCUT2D eigenvalue weighted by Gasteiger charge is 2.33. The zero-order chi connectivity index (χ0) is 21.1. The second-order valence-electron chi connectivity index (χ2n) is 7.42. The predicted molar refractivity (Wildman–Crippen MR) is 115 cm³/mol. The highest BCUT2D eigenvalue weighted by molar-refractivity contribution is 7.89. The molecule has 29 heavy (non-hydrogen) atoms. The maximum Gasteiger partial charge on any atom is 0.243 e. The Morgan fingerprint density at radius 2 is 1.38 bits per heavy atom. The molecule has 2 aromatic rings. The molecule has 1 aliphatic rings. The molecule has 1 saturated heterocycles. The van der Waals surface area contributed by atoms with Gasteiger partial charge < -0.3 is 0 Å². The second kappa shape index (κ2) is 8.95.